The summed E-state index contributed by atoms with van der Waals surface area (Å²) in [6, 6.07) is 28.7. The highest BCUT2D eigenvalue weighted by Gasteiger charge is 2.07. The number of amides is 4. The number of cyclic esters (lactones) is 2. The topological polar surface area (TPSA) is 203 Å². The number of hydroxylamine groups is 1. The highest BCUT2D eigenvalue weighted by Crippen LogP contribution is 2.20. The maximum Gasteiger partial charge on any atom is 0.407 e. The van der Waals surface area contributed by atoms with Gasteiger partial charge in [-0.1, -0.05) is 422 Å². The summed E-state index contributed by atoms with van der Waals surface area (Å²) in [6.07, 6.45) is 9.02. The first-order valence-electron chi connectivity index (χ1n) is 44.8. The zero-order valence-corrected chi connectivity index (χ0v) is 83.8. The lowest BCUT2D eigenvalue weighted by molar-refractivity contribution is 0.0692. The summed E-state index contributed by atoms with van der Waals surface area (Å²) in [7, 11) is 0. The minimum absolute atomic E-state index is 0.0463. The maximum absolute atomic E-state index is 10.1. The monoisotopic (exact) mass is 1610 g/mol. The van der Waals surface area contributed by atoms with Crippen molar-refractivity contribution in [3.8, 4) is 0 Å². The second-order valence-electron chi connectivity index (χ2n) is 14.1. The molecule has 4 amide bonds. The summed E-state index contributed by atoms with van der Waals surface area (Å²) >= 11 is 4.07. The van der Waals surface area contributed by atoms with E-state index in [-0.39, 0.29) is 18.2 Å². The van der Waals surface area contributed by atoms with Crippen LogP contribution in [-0.2, 0) is 28.5 Å². The van der Waals surface area contributed by atoms with Gasteiger partial charge in [-0.2, -0.15) is 23.5 Å². The zero-order chi connectivity index (χ0) is 90.2. The number of carbonyl (C=O) groups is 3. The van der Waals surface area contributed by atoms with Gasteiger partial charge < -0.3 is 60.4 Å². The quantitative estimate of drug-likeness (QED) is 0.106. The van der Waals surface area contributed by atoms with Crippen molar-refractivity contribution >= 4 is 52.5 Å². The number of benzene rings is 3. The van der Waals surface area contributed by atoms with Gasteiger partial charge in [-0.05, 0) is 23.6 Å². The van der Waals surface area contributed by atoms with Gasteiger partial charge in [0, 0.05) is 69.1 Å². The molecule has 9 aliphatic rings. The number of ether oxygens (including phenoxy) is 5. The van der Waals surface area contributed by atoms with Gasteiger partial charge in [0.05, 0.1) is 46.3 Å². The number of fused-ring (bicyclic) bond motifs is 1. The van der Waals surface area contributed by atoms with Gasteiger partial charge in [-0.15, -0.1) is 0 Å². The minimum Gasteiger partial charge on any atom is -0.449 e. The Hall–Kier alpha value is -3.89. The van der Waals surface area contributed by atoms with Crippen molar-refractivity contribution in [2.75, 3.05) is 129 Å². The average molecular weight is 1610 g/mol. The molecule has 0 bridgehead atoms. The van der Waals surface area contributed by atoms with Crippen LogP contribution in [0.3, 0.4) is 0 Å². The van der Waals surface area contributed by atoms with Crippen LogP contribution in [0.2, 0.25) is 0 Å². The van der Waals surface area contributed by atoms with E-state index in [1.165, 1.54) is 65.9 Å². The molecule has 8 saturated heterocycles. The number of nitrogens with one attached hydrogen (secondary N) is 8. The fraction of sp³-hybridized carbons (Fsp3) is 0.789. The molecule has 3 aromatic rings. The molecule has 9 fully saturated rings. The molecule has 109 heavy (non-hydrogen) atoms. The molecule has 0 aromatic heterocycles. The lowest BCUT2D eigenvalue weighted by atomic mass is 10.1. The molecule has 8 heterocycles. The minimum atomic E-state index is -0.296. The van der Waals surface area contributed by atoms with Crippen LogP contribution in [0, 0.1) is 0 Å². The van der Waals surface area contributed by atoms with E-state index in [4.69, 9.17) is 19.0 Å². The third kappa shape index (κ3) is 209. The first-order valence-corrected chi connectivity index (χ1v) is 47.1. The Morgan fingerprint density at radius 1 is 0.275 bits per heavy atom. The van der Waals surface area contributed by atoms with Crippen LogP contribution >= 0.6 is 23.5 Å². The Morgan fingerprint density at radius 3 is 0.716 bits per heavy atom. The van der Waals surface area contributed by atoms with Crippen LogP contribution in [-0.4, -0.2) is 147 Å². The number of hydrogen-bond acceptors (Lipinski definition) is 15. The van der Waals surface area contributed by atoms with Crippen LogP contribution in [0.4, 0.5) is 14.4 Å². The van der Waals surface area contributed by atoms with Crippen molar-refractivity contribution in [2.24, 2.45) is 0 Å². The normalized spacial score (nSPS) is 12.6. The molecule has 0 atom stereocenters. The molecule has 0 spiro atoms. The second-order valence-corrected chi connectivity index (χ2v) is 16.7. The van der Waals surface area contributed by atoms with Crippen LogP contribution < -0.4 is 42.7 Å². The number of alkyl carbamates (subject to hydrolysis) is 2. The number of hydrogen-bond donors (Lipinski definition) is 8. The fourth-order valence-corrected chi connectivity index (χ4v) is 7.75. The van der Waals surface area contributed by atoms with Crippen molar-refractivity contribution in [1.29, 1.82) is 0 Å². The van der Waals surface area contributed by atoms with Crippen LogP contribution in [0.25, 0.3) is 10.8 Å². The lowest BCUT2D eigenvalue weighted by Gasteiger charge is -2.10. The molecule has 12 rings (SSSR count). The van der Waals surface area contributed by atoms with E-state index < -0.39 is 0 Å². The predicted molar refractivity (Wildman–Crippen MR) is 513 cm³/mol. The van der Waals surface area contributed by atoms with Crippen molar-refractivity contribution in [3.05, 3.63) is 84.9 Å². The van der Waals surface area contributed by atoms with Crippen molar-refractivity contribution in [3.63, 3.8) is 0 Å². The third-order valence-electron chi connectivity index (χ3n) is 8.76. The van der Waals surface area contributed by atoms with Crippen molar-refractivity contribution in [2.45, 2.75) is 350 Å². The number of rotatable bonds is 0. The van der Waals surface area contributed by atoms with Gasteiger partial charge in [-0.25, -0.2) is 19.9 Å². The summed E-state index contributed by atoms with van der Waals surface area (Å²) in [5.74, 6) is 2.76. The van der Waals surface area contributed by atoms with Crippen molar-refractivity contribution in [1.82, 2.24) is 42.7 Å². The molecule has 674 valence electrons. The molecule has 1 aliphatic carbocycles. The fourth-order valence-electron chi connectivity index (χ4n) is 5.40. The smallest absolute Gasteiger partial charge is 0.407 e. The van der Waals surface area contributed by atoms with E-state index in [0.717, 1.165) is 92.1 Å². The summed E-state index contributed by atoms with van der Waals surface area (Å²) in [5.41, 5.74) is 2.72. The first-order chi connectivity index (χ1) is 54.1. The summed E-state index contributed by atoms with van der Waals surface area (Å²) in [5, 5.41) is 23.3. The first kappa shape index (κ1) is 161. The number of urea groups is 1. The number of carbonyl (C=O) groups excluding carboxylic acids is 3. The van der Waals surface area contributed by atoms with Crippen LogP contribution in [0.5, 0.6) is 0 Å². The molecule has 0 unspecified atom stereocenters. The highest BCUT2D eigenvalue weighted by molar-refractivity contribution is 8.19. The van der Waals surface area contributed by atoms with Crippen molar-refractivity contribution < 1.29 is 42.9 Å². The molecule has 8 N–H and O–H groups in total. The Bertz CT molecular complexity index is 1280. The van der Waals surface area contributed by atoms with E-state index in [2.05, 4.69) is 101 Å². The average Bonchev–Trinajstić information content (AvgIpc) is 1.64. The molecule has 3 aromatic carbocycles. The van der Waals surface area contributed by atoms with E-state index >= 15 is 0 Å². The van der Waals surface area contributed by atoms with Crippen LogP contribution in [0.15, 0.2) is 84.9 Å². The summed E-state index contributed by atoms with van der Waals surface area (Å²) in [4.78, 5) is 34.8. The van der Waals surface area contributed by atoms with Gasteiger partial charge in [0.15, 0.2) is 0 Å². The molecule has 8 aliphatic heterocycles. The van der Waals surface area contributed by atoms with Crippen LogP contribution in [0.1, 0.15) is 350 Å². The standard InChI is InChI=1S/C10H8.C6H6.C5H10.C4H7NO2.C3H6N2O.C3H8N2.C3H5NO2.2C3H7NO.C3H6O2.C3H6S2.22C2H6/c1-2-6-10-8-4-3-7-9(10)5-1;1-2-4-6-5-3-1;1-2-4-5-3-1;6-4-5-2-1-3-7-4;6-3-4-1-2-5-3;1-2-5-3-4-1;5-3-4-1-2-6-3;1-2-5-3-4-1;1-2-4-5-3-1;2*1-2-5-3-4-1;22*1-2/h1-8H;1-6H;1-5H2;1-3H2,(H,5,6);1-2H2,(H2,4,5,6);4-5H,1-3H2;1-2H2,(H,4,5);2*4H,1-3H2;2*1-3H2;22*1-2H3. The number of thioether (sulfide) groups is 2. The molecule has 1 saturated carbocycles. The highest BCUT2D eigenvalue weighted by atomic mass is 32.2. The molecular formula is C90H208N8O9S2. The van der Waals surface area contributed by atoms with E-state index in [0.29, 0.717) is 26.6 Å². The molecule has 19 heteroatoms. The Labute approximate surface area is 697 Å². The third-order valence-corrected chi connectivity index (χ3v) is 11.3. The Morgan fingerprint density at radius 2 is 0.587 bits per heavy atom. The van der Waals surface area contributed by atoms with E-state index in [9.17, 15) is 14.4 Å². The molecule has 0 radical (unpaired) electrons. The predicted octanol–water partition coefficient (Wildman–Crippen LogP) is 28.2. The van der Waals surface area contributed by atoms with E-state index in [1.807, 2.05) is 365 Å². The zero-order valence-electron chi connectivity index (χ0n) is 82.2. The SMILES string of the molecule is C1CCCC1.C1CNCN1.C1CNOC1.C1COCN1.C1COCO1.C1CSCS1.CC.CC.CC.CC.CC.CC.CC.CC.CC.CC.CC.CC.CC.CC.CC.CC.CC.CC.CC.CC.CC.CC.O=C1NCCCO1.O=C1NCCN1.O=C1NCCO1.c1ccc2ccccc2c1.c1ccccc1. The van der Waals surface area contributed by atoms with Gasteiger partial charge in [0.25, 0.3) is 0 Å². The lowest BCUT2D eigenvalue weighted by Crippen LogP contribution is -2.31. The summed E-state index contributed by atoms with van der Waals surface area (Å²) < 4.78 is 23.2. The maximum atomic E-state index is 10.1. The van der Waals surface area contributed by atoms with Gasteiger partial charge in [0.1, 0.15) is 13.4 Å². The van der Waals surface area contributed by atoms with Gasteiger partial charge in [0.2, 0.25) is 0 Å². The second kappa shape index (κ2) is 239. The van der Waals surface area contributed by atoms with Gasteiger partial charge in [-0.3, -0.25) is 5.32 Å². The Balaban J connectivity index is -0.0000000393. The molecular weight excluding hydrogens is 1400 g/mol. The summed E-state index contributed by atoms with van der Waals surface area (Å²) in [6.45, 7) is 102. The largest absolute Gasteiger partial charge is 0.449 e. The Kier molecular flexibility index (Phi) is 353. The van der Waals surface area contributed by atoms with E-state index in [1.54, 1.807) is 0 Å². The van der Waals surface area contributed by atoms with Gasteiger partial charge >= 0.3 is 18.2 Å². The molecule has 17 nitrogen and oxygen atoms in total.